The summed E-state index contributed by atoms with van der Waals surface area (Å²) < 4.78 is 16.8. The molecular formula is C61H108O6. The fourth-order valence-electron chi connectivity index (χ4n) is 8.13. The maximum absolute atomic E-state index is 12.8. The van der Waals surface area contributed by atoms with Crippen molar-refractivity contribution in [3.05, 3.63) is 60.8 Å². The summed E-state index contributed by atoms with van der Waals surface area (Å²) in [5.74, 6) is -0.914. The molecule has 0 fully saturated rings. The molecule has 0 spiro atoms. The molecule has 6 heteroatoms. The number of unbranched alkanes of at least 4 members (excludes halogenated alkanes) is 31. The Morgan fingerprint density at radius 1 is 0.299 bits per heavy atom. The standard InChI is InChI=1S/C61H108O6/c1-4-7-10-13-16-19-22-25-28-29-30-31-34-36-39-42-45-48-51-54-60(63)66-57-58(67-61(64)55-52-49-46-43-40-37-33-27-24-21-18-15-12-9-6-3)56-65-59(62)53-50-47-44-41-38-35-32-26-23-20-17-14-11-8-5-2/h16,19,25,27-28,30-31,33,36,39,58H,4-15,17-18,20-24,26,29,32,34-35,37-38,40-57H2,1-3H3/b19-16-,28-25-,31-30-,33-27-,39-36-/t58-/m1/s1. The summed E-state index contributed by atoms with van der Waals surface area (Å²) in [7, 11) is 0. The molecule has 0 aromatic carbocycles. The number of carbonyl (C=O) groups excluding carboxylic acids is 3. The van der Waals surface area contributed by atoms with Crippen LogP contribution in [0.3, 0.4) is 0 Å². The maximum atomic E-state index is 12.8. The van der Waals surface area contributed by atoms with E-state index in [4.69, 9.17) is 14.2 Å². The molecular weight excluding hydrogens is 829 g/mol. The highest BCUT2D eigenvalue weighted by molar-refractivity contribution is 5.71. The monoisotopic (exact) mass is 937 g/mol. The minimum atomic E-state index is -0.790. The highest BCUT2D eigenvalue weighted by atomic mass is 16.6. The van der Waals surface area contributed by atoms with E-state index in [0.29, 0.717) is 19.3 Å². The van der Waals surface area contributed by atoms with Crippen molar-refractivity contribution in [3.63, 3.8) is 0 Å². The van der Waals surface area contributed by atoms with Crippen molar-refractivity contribution < 1.29 is 28.6 Å². The summed E-state index contributed by atoms with van der Waals surface area (Å²) in [5.41, 5.74) is 0. The van der Waals surface area contributed by atoms with Gasteiger partial charge in [0.1, 0.15) is 13.2 Å². The number of ether oxygens (including phenoxy) is 3. The highest BCUT2D eigenvalue weighted by Gasteiger charge is 2.19. The van der Waals surface area contributed by atoms with E-state index in [1.54, 1.807) is 0 Å². The van der Waals surface area contributed by atoms with Crippen LogP contribution in [0.5, 0.6) is 0 Å². The molecule has 0 bridgehead atoms. The predicted molar refractivity (Wildman–Crippen MR) is 288 cm³/mol. The molecule has 6 nitrogen and oxygen atoms in total. The van der Waals surface area contributed by atoms with Crippen molar-refractivity contribution in [2.45, 2.75) is 297 Å². The lowest BCUT2D eigenvalue weighted by atomic mass is 10.0. The molecule has 67 heavy (non-hydrogen) atoms. The number of hydrogen-bond acceptors (Lipinski definition) is 6. The van der Waals surface area contributed by atoms with E-state index >= 15 is 0 Å². The van der Waals surface area contributed by atoms with E-state index in [0.717, 1.165) is 96.3 Å². The second-order valence-electron chi connectivity index (χ2n) is 19.2. The zero-order chi connectivity index (χ0) is 48.6. The average Bonchev–Trinajstić information content (AvgIpc) is 3.33. The largest absolute Gasteiger partial charge is 0.462 e. The molecule has 0 rings (SSSR count). The van der Waals surface area contributed by atoms with Crippen LogP contribution in [0.1, 0.15) is 290 Å². The van der Waals surface area contributed by atoms with Gasteiger partial charge in [-0.1, -0.05) is 242 Å². The quantitative estimate of drug-likeness (QED) is 0.0262. The van der Waals surface area contributed by atoms with Crippen molar-refractivity contribution >= 4 is 17.9 Å². The summed E-state index contributed by atoms with van der Waals surface area (Å²) in [6.45, 7) is 6.60. The predicted octanol–water partition coefficient (Wildman–Crippen LogP) is 19.2. The van der Waals surface area contributed by atoms with Crippen molar-refractivity contribution in [2.75, 3.05) is 13.2 Å². The van der Waals surface area contributed by atoms with Crippen LogP contribution in [0.25, 0.3) is 0 Å². The van der Waals surface area contributed by atoms with Gasteiger partial charge in [-0.2, -0.15) is 0 Å². The van der Waals surface area contributed by atoms with Crippen LogP contribution < -0.4 is 0 Å². The first-order valence-corrected chi connectivity index (χ1v) is 28.8. The van der Waals surface area contributed by atoms with Crippen molar-refractivity contribution in [1.29, 1.82) is 0 Å². The Morgan fingerprint density at radius 3 is 0.896 bits per heavy atom. The zero-order valence-corrected chi connectivity index (χ0v) is 44.4. The summed E-state index contributed by atoms with van der Waals surface area (Å²) in [4.78, 5) is 38.1. The lowest BCUT2D eigenvalue weighted by molar-refractivity contribution is -0.167. The third-order valence-corrected chi connectivity index (χ3v) is 12.5. The fourth-order valence-corrected chi connectivity index (χ4v) is 8.13. The van der Waals surface area contributed by atoms with E-state index in [9.17, 15) is 14.4 Å². The first-order valence-electron chi connectivity index (χ1n) is 28.8. The molecule has 0 saturated heterocycles. The van der Waals surface area contributed by atoms with Crippen LogP contribution in [0.15, 0.2) is 60.8 Å². The van der Waals surface area contributed by atoms with Gasteiger partial charge in [-0.15, -0.1) is 0 Å². The van der Waals surface area contributed by atoms with Crippen LogP contribution in [-0.4, -0.2) is 37.2 Å². The molecule has 0 heterocycles. The van der Waals surface area contributed by atoms with Gasteiger partial charge in [-0.05, 0) is 89.9 Å². The SMILES string of the molecule is CCCCC/C=C\C/C=C\C/C=C\C/C=C\CCCCCC(=O)OC[C@@H](COC(=O)CCCCCCCCCCCCCCCCC)OC(=O)CCCCCCC/C=C\CCCCCCCC. The van der Waals surface area contributed by atoms with Crippen molar-refractivity contribution in [1.82, 2.24) is 0 Å². The molecule has 0 aliphatic heterocycles. The van der Waals surface area contributed by atoms with E-state index in [-0.39, 0.29) is 31.1 Å². The van der Waals surface area contributed by atoms with Gasteiger partial charge >= 0.3 is 17.9 Å². The third-order valence-electron chi connectivity index (χ3n) is 12.5. The van der Waals surface area contributed by atoms with Crippen LogP contribution in [-0.2, 0) is 28.6 Å². The Bertz CT molecular complexity index is 1210. The summed E-state index contributed by atoms with van der Waals surface area (Å²) in [6, 6.07) is 0. The van der Waals surface area contributed by atoms with E-state index in [1.807, 2.05) is 0 Å². The number of hydrogen-bond donors (Lipinski definition) is 0. The molecule has 1 atom stereocenters. The highest BCUT2D eigenvalue weighted by Crippen LogP contribution is 2.16. The average molecular weight is 938 g/mol. The number of esters is 3. The van der Waals surface area contributed by atoms with Crippen molar-refractivity contribution in [3.8, 4) is 0 Å². The minimum Gasteiger partial charge on any atom is -0.462 e. The number of allylic oxidation sites excluding steroid dienone is 10. The van der Waals surface area contributed by atoms with Crippen LogP contribution in [0.2, 0.25) is 0 Å². The summed E-state index contributed by atoms with van der Waals surface area (Å²) in [5, 5.41) is 0. The first-order chi connectivity index (χ1) is 33.0. The second kappa shape index (κ2) is 55.7. The summed E-state index contributed by atoms with van der Waals surface area (Å²) in [6.07, 6.45) is 69.2. The van der Waals surface area contributed by atoms with Crippen LogP contribution >= 0.6 is 0 Å². The van der Waals surface area contributed by atoms with Gasteiger partial charge in [0.15, 0.2) is 6.10 Å². The van der Waals surface area contributed by atoms with Gasteiger partial charge in [0.05, 0.1) is 0 Å². The van der Waals surface area contributed by atoms with Gasteiger partial charge in [0, 0.05) is 19.3 Å². The van der Waals surface area contributed by atoms with Crippen LogP contribution in [0.4, 0.5) is 0 Å². The second-order valence-corrected chi connectivity index (χ2v) is 19.2. The lowest BCUT2D eigenvalue weighted by Gasteiger charge is -2.18. The molecule has 0 amide bonds. The van der Waals surface area contributed by atoms with Crippen molar-refractivity contribution in [2.24, 2.45) is 0 Å². The third kappa shape index (κ3) is 53.9. The molecule has 0 radical (unpaired) electrons. The Hall–Kier alpha value is -2.89. The first kappa shape index (κ1) is 64.1. The zero-order valence-electron chi connectivity index (χ0n) is 44.4. The number of carbonyl (C=O) groups is 3. The smallest absolute Gasteiger partial charge is 0.306 e. The fraction of sp³-hybridized carbons (Fsp3) is 0.787. The Morgan fingerprint density at radius 2 is 0.537 bits per heavy atom. The van der Waals surface area contributed by atoms with Gasteiger partial charge in [0.25, 0.3) is 0 Å². The Kier molecular flexibility index (Phi) is 53.3. The molecule has 0 saturated carbocycles. The molecule has 0 N–H and O–H groups in total. The Labute approximate surface area is 415 Å². The normalized spacial score (nSPS) is 12.5. The lowest BCUT2D eigenvalue weighted by Crippen LogP contribution is -2.30. The topological polar surface area (TPSA) is 78.9 Å². The van der Waals surface area contributed by atoms with Gasteiger partial charge in [-0.25, -0.2) is 0 Å². The van der Waals surface area contributed by atoms with E-state index in [1.165, 1.54) is 154 Å². The molecule has 0 aliphatic rings. The van der Waals surface area contributed by atoms with Gasteiger partial charge in [0.2, 0.25) is 0 Å². The number of rotatable bonds is 52. The van der Waals surface area contributed by atoms with Gasteiger partial charge < -0.3 is 14.2 Å². The molecule has 0 aliphatic carbocycles. The molecule has 388 valence electrons. The molecule has 0 aromatic rings. The van der Waals surface area contributed by atoms with Crippen LogP contribution in [0, 0.1) is 0 Å². The minimum absolute atomic E-state index is 0.0853. The Balaban J connectivity index is 4.43. The van der Waals surface area contributed by atoms with Gasteiger partial charge in [-0.3, -0.25) is 14.4 Å². The maximum Gasteiger partial charge on any atom is 0.306 e. The molecule has 0 unspecified atom stereocenters. The molecule has 0 aromatic heterocycles. The summed E-state index contributed by atoms with van der Waals surface area (Å²) >= 11 is 0. The van der Waals surface area contributed by atoms with E-state index < -0.39 is 6.10 Å². The van der Waals surface area contributed by atoms with E-state index in [2.05, 4.69) is 81.5 Å².